The van der Waals surface area contributed by atoms with Crippen molar-refractivity contribution in [1.82, 2.24) is 10.6 Å². The van der Waals surface area contributed by atoms with E-state index in [1.807, 2.05) is 0 Å². The van der Waals surface area contributed by atoms with Crippen molar-refractivity contribution >= 4 is 11.9 Å². The molecule has 14 heavy (non-hydrogen) atoms. The van der Waals surface area contributed by atoms with Crippen LogP contribution < -0.4 is 10.6 Å². The summed E-state index contributed by atoms with van der Waals surface area (Å²) in [5.74, 6) is -0.251. The van der Waals surface area contributed by atoms with Crippen LogP contribution in [0.15, 0.2) is 0 Å². The van der Waals surface area contributed by atoms with E-state index in [0.717, 1.165) is 0 Å². The van der Waals surface area contributed by atoms with Gasteiger partial charge in [0.05, 0.1) is 12.6 Å². The number of hydrogen-bond acceptors (Lipinski definition) is 4. The van der Waals surface area contributed by atoms with Crippen molar-refractivity contribution < 1.29 is 14.3 Å². The van der Waals surface area contributed by atoms with Crippen molar-refractivity contribution in [3.8, 4) is 0 Å². The summed E-state index contributed by atoms with van der Waals surface area (Å²) in [5, 5.41) is 5.64. The highest BCUT2D eigenvalue weighted by Crippen LogP contribution is 1.98. The lowest BCUT2D eigenvalue weighted by Gasteiger charge is -2.11. The van der Waals surface area contributed by atoms with Crippen LogP contribution >= 0.6 is 0 Å². The third kappa shape index (κ3) is 3.74. The average Bonchev–Trinajstić information content (AvgIpc) is 2.47. The zero-order valence-corrected chi connectivity index (χ0v) is 8.50. The van der Waals surface area contributed by atoms with Gasteiger partial charge in [0.1, 0.15) is 0 Å². The summed E-state index contributed by atoms with van der Waals surface area (Å²) in [6.45, 7) is 4.36. The van der Waals surface area contributed by atoms with E-state index in [-0.39, 0.29) is 30.6 Å². The summed E-state index contributed by atoms with van der Waals surface area (Å²) >= 11 is 0. The molecule has 80 valence electrons. The smallest absolute Gasteiger partial charge is 0.320 e. The van der Waals surface area contributed by atoms with Gasteiger partial charge in [-0.25, -0.2) is 0 Å². The van der Waals surface area contributed by atoms with Gasteiger partial charge in [0.25, 0.3) is 0 Å². The Hall–Kier alpha value is -1.10. The molecule has 0 aromatic heterocycles. The Morgan fingerprint density at radius 3 is 2.93 bits per heavy atom. The van der Waals surface area contributed by atoms with E-state index in [0.29, 0.717) is 13.0 Å². The predicted molar refractivity (Wildman–Crippen MR) is 50.6 cm³/mol. The van der Waals surface area contributed by atoms with E-state index in [9.17, 15) is 9.59 Å². The van der Waals surface area contributed by atoms with Gasteiger partial charge in [0, 0.05) is 19.0 Å². The molecule has 1 rings (SSSR count). The second-order valence-corrected chi connectivity index (χ2v) is 3.62. The van der Waals surface area contributed by atoms with Crippen LogP contribution in [0.2, 0.25) is 0 Å². The highest BCUT2D eigenvalue weighted by Gasteiger charge is 2.21. The fourth-order valence-electron chi connectivity index (χ4n) is 1.28. The van der Waals surface area contributed by atoms with E-state index in [1.165, 1.54) is 0 Å². The first-order valence-corrected chi connectivity index (χ1v) is 4.77. The first kappa shape index (κ1) is 11.0. The Labute approximate surface area is 83.2 Å². The van der Waals surface area contributed by atoms with E-state index < -0.39 is 0 Å². The summed E-state index contributed by atoms with van der Waals surface area (Å²) < 4.78 is 4.93. The molecule has 0 radical (unpaired) electrons. The van der Waals surface area contributed by atoms with Crippen molar-refractivity contribution in [2.75, 3.05) is 13.1 Å². The minimum absolute atomic E-state index is 0.0275. The van der Waals surface area contributed by atoms with Gasteiger partial charge in [-0.05, 0) is 13.8 Å². The molecule has 0 saturated carbocycles. The van der Waals surface area contributed by atoms with Crippen LogP contribution in [-0.4, -0.2) is 37.1 Å². The van der Waals surface area contributed by atoms with Crippen molar-refractivity contribution in [3.63, 3.8) is 0 Å². The fourth-order valence-corrected chi connectivity index (χ4v) is 1.28. The minimum Gasteiger partial charge on any atom is -0.462 e. The molecule has 0 aliphatic carbocycles. The number of rotatable bonds is 4. The number of nitrogens with one attached hydrogen (secondary N) is 2. The van der Waals surface area contributed by atoms with Gasteiger partial charge in [-0.2, -0.15) is 0 Å². The van der Waals surface area contributed by atoms with Crippen molar-refractivity contribution in [1.29, 1.82) is 0 Å². The molecule has 1 atom stereocenters. The maximum Gasteiger partial charge on any atom is 0.320 e. The summed E-state index contributed by atoms with van der Waals surface area (Å²) in [4.78, 5) is 21.9. The standard InChI is InChI=1S/C9H16N2O3/c1-6(2)14-9(13)5-10-7-3-8(12)11-4-7/h6-7,10H,3-5H2,1-2H3,(H,11,12). The van der Waals surface area contributed by atoms with Crippen LogP contribution in [0.5, 0.6) is 0 Å². The number of ether oxygens (including phenoxy) is 1. The first-order valence-electron chi connectivity index (χ1n) is 4.77. The van der Waals surface area contributed by atoms with Crippen LogP contribution in [0, 0.1) is 0 Å². The van der Waals surface area contributed by atoms with Gasteiger partial charge >= 0.3 is 5.97 Å². The maximum absolute atomic E-state index is 11.1. The van der Waals surface area contributed by atoms with E-state index in [4.69, 9.17) is 4.74 Å². The molecule has 2 N–H and O–H groups in total. The predicted octanol–water partition coefficient (Wildman–Crippen LogP) is -0.584. The van der Waals surface area contributed by atoms with Crippen molar-refractivity contribution in [2.45, 2.75) is 32.4 Å². The van der Waals surface area contributed by atoms with E-state index in [2.05, 4.69) is 10.6 Å². The van der Waals surface area contributed by atoms with E-state index >= 15 is 0 Å². The molecule has 0 aromatic rings. The lowest BCUT2D eigenvalue weighted by atomic mass is 10.2. The second kappa shape index (κ2) is 4.95. The van der Waals surface area contributed by atoms with Crippen LogP contribution in [-0.2, 0) is 14.3 Å². The van der Waals surface area contributed by atoms with Crippen LogP contribution in [0.1, 0.15) is 20.3 Å². The Morgan fingerprint density at radius 2 is 2.43 bits per heavy atom. The molecule has 5 heteroatoms. The van der Waals surface area contributed by atoms with Gasteiger partial charge in [-0.3, -0.25) is 9.59 Å². The van der Waals surface area contributed by atoms with Crippen LogP contribution in [0.3, 0.4) is 0 Å². The zero-order chi connectivity index (χ0) is 10.6. The number of carbonyl (C=O) groups excluding carboxylic acids is 2. The van der Waals surface area contributed by atoms with Gasteiger partial charge in [0.2, 0.25) is 5.91 Å². The Bertz CT molecular complexity index is 228. The summed E-state index contributed by atoms with van der Waals surface area (Å²) in [6, 6.07) is 0.0576. The largest absolute Gasteiger partial charge is 0.462 e. The molecule has 1 fully saturated rings. The topological polar surface area (TPSA) is 67.4 Å². The molecular weight excluding hydrogens is 184 g/mol. The summed E-state index contributed by atoms with van der Waals surface area (Å²) in [7, 11) is 0. The van der Waals surface area contributed by atoms with Crippen LogP contribution in [0.25, 0.3) is 0 Å². The Balaban J connectivity index is 2.14. The van der Waals surface area contributed by atoms with Gasteiger partial charge in [-0.15, -0.1) is 0 Å². The maximum atomic E-state index is 11.1. The van der Waals surface area contributed by atoms with Crippen molar-refractivity contribution in [3.05, 3.63) is 0 Å². The molecular formula is C9H16N2O3. The third-order valence-corrected chi connectivity index (χ3v) is 1.88. The number of esters is 1. The van der Waals surface area contributed by atoms with Crippen LogP contribution in [0.4, 0.5) is 0 Å². The van der Waals surface area contributed by atoms with Gasteiger partial charge in [0.15, 0.2) is 0 Å². The van der Waals surface area contributed by atoms with E-state index in [1.54, 1.807) is 13.8 Å². The molecule has 1 aliphatic rings. The molecule has 0 spiro atoms. The van der Waals surface area contributed by atoms with Gasteiger partial charge < -0.3 is 15.4 Å². The molecule has 0 aromatic carbocycles. The van der Waals surface area contributed by atoms with Gasteiger partial charge in [-0.1, -0.05) is 0 Å². The Kier molecular flexibility index (Phi) is 3.88. The molecule has 1 saturated heterocycles. The molecule has 1 aliphatic heterocycles. The normalized spacial score (nSPS) is 21.1. The first-order chi connectivity index (χ1) is 6.58. The lowest BCUT2D eigenvalue weighted by Crippen LogP contribution is -2.36. The average molecular weight is 200 g/mol. The molecule has 5 nitrogen and oxygen atoms in total. The quantitative estimate of drug-likeness (QED) is 0.596. The Morgan fingerprint density at radius 1 is 1.71 bits per heavy atom. The number of amides is 1. The number of hydrogen-bond donors (Lipinski definition) is 2. The third-order valence-electron chi connectivity index (χ3n) is 1.88. The zero-order valence-electron chi connectivity index (χ0n) is 8.50. The summed E-state index contributed by atoms with van der Waals surface area (Å²) in [5.41, 5.74) is 0. The monoisotopic (exact) mass is 200 g/mol. The molecule has 1 amide bonds. The fraction of sp³-hybridized carbons (Fsp3) is 0.778. The lowest BCUT2D eigenvalue weighted by molar-refractivity contribution is -0.146. The summed E-state index contributed by atoms with van der Waals surface area (Å²) in [6.07, 6.45) is 0.349. The molecule has 0 bridgehead atoms. The SMILES string of the molecule is CC(C)OC(=O)CNC1CNC(=O)C1. The highest BCUT2D eigenvalue weighted by atomic mass is 16.5. The second-order valence-electron chi connectivity index (χ2n) is 3.62. The minimum atomic E-state index is -0.278. The molecule has 1 heterocycles. The molecule has 1 unspecified atom stereocenters. The number of carbonyl (C=O) groups is 2. The highest BCUT2D eigenvalue weighted by molar-refractivity contribution is 5.79. The van der Waals surface area contributed by atoms with Crippen molar-refractivity contribution in [2.24, 2.45) is 0 Å².